The van der Waals surface area contributed by atoms with Crippen molar-refractivity contribution >= 4 is 23.0 Å². The van der Waals surface area contributed by atoms with Crippen LogP contribution in [0, 0.1) is 0 Å². The maximum atomic E-state index is 11.7. The van der Waals surface area contributed by atoms with Crippen LogP contribution in [0.25, 0.3) is 10.9 Å². The SMILES string of the molecule is CC(C)(C)OC(=O)NCCc1c[nH]c2ccc(OCCCC(=O)O)cc12. The Hall–Kier alpha value is -2.70. The molecule has 7 heteroatoms. The van der Waals surface area contributed by atoms with Crippen molar-refractivity contribution in [1.82, 2.24) is 10.3 Å². The van der Waals surface area contributed by atoms with Gasteiger partial charge in [-0.2, -0.15) is 0 Å². The van der Waals surface area contributed by atoms with Gasteiger partial charge in [-0.3, -0.25) is 4.79 Å². The molecule has 0 radical (unpaired) electrons. The number of aromatic amines is 1. The van der Waals surface area contributed by atoms with Crippen LogP contribution in [0.3, 0.4) is 0 Å². The lowest BCUT2D eigenvalue weighted by Gasteiger charge is -2.19. The molecule has 0 fully saturated rings. The molecule has 0 bridgehead atoms. The Labute approximate surface area is 152 Å². The number of fused-ring (bicyclic) bond motifs is 1. The number of carbonyl (C=O) groups excluding carboxylic acids is 1. The fourth-order valence-electron chi connectivity index (χ4n) is 2.48. The van der Waals surface area contributed by atoms with Gasteiger partial charge in [0.05, 0.1) is 6.61 Å². The first kappa shape index (κ1) is 19.6. The number of alkyl carbamates (subject to hydrolysis) is 1. The topological polar surface area (TPSA) is 101 Å². The number of hydrogen-bond donors (Lipinski definition) is 3. The molecule has 1 aromatic carbocycles. The van der Waals surface area contributed by atoms with Gasteiger partial charge in [0, 0.05) is 30.1 Å². The van der Waals surface area contributed by atoms with Crippen molar-refractivity contribution < 1.29 is 24.2 Å². The van der Waals surface area contributed by atoms with E-state index in [1.165, 1.54) is 0 Å². The predicted molar refractivity (Wildman–Crippen MR) is 98.6 cm³/mol. The van der Waals surface area contributed by atoms with Gasteiger partial charge in [0.2, 0.25) is 0 Å². The van der Waals surface area contributed by atoms with E-state index in [9.17, 15) is 9.59 Å². The lowest BCUT2D eigenvalue weighted by Crippen LogP contribution is -2.33. The van der Waals surface area contributed by atoms with Crippen LogP contribution in [-0.4, -0.2) is 40.9 Å². The van der Waals surface area contributed by atoms with Gasteiger partial charge in [0.1, 0.15) is 11.4 Å². The van der Waals surface area contributed by atoms with Crippen molar-refractivity contribution in [2.45, 2.75) is 45.6 Å². The molecular weight excluding hydrogens is 336 g/mol. The lowest BCUT2D eigenvalue weighted by atomic mass is 10.1. The highest BCUT2D eigenvalue weighted by Crippen LogP contribution is 2.24. The predicted octanol–water partition coefficient (Wildman–Crippen LogP) is 3.48. The number of amides is 1. The van der Waals surface area contributed by atoms with Crippen LogP contribution >= 0.6 is 0 Å². The van der Waals surface area contributed by atoms with Crippen LogP contribution in [0.2, 0.25) is 0 Å². The average molecular weight is 362 g/mol. The van der Waals surface area contributed by atoms with Gasteiger partial charge in [-0.1, -0.05) is 0 Å². The normalized spacial score (nSPS) is 11.3. The van der Waals surface area contributed by atoms with Gasteiger partial charge in [-0.25, -0.2) is 4.79 Å². The van der Waals surface area contributed by atoms with Gasteiger partial charge >= 0.3 is 12.1 Å². The smallest absolute Gasteiger partial charge is 0.407 e. The molecule has 0 saturated heterocycles. The quantitative estimate of drug-likeness (QED) is 0.624. The Morgan fingerprint density at radius 1 is 1.27 bits per heavy atom. The molecule has 3 N–H and O–H groups in total. The van der Waals surface area contributed by atoms with Crippen molar-refractivity contribution in [2.24, 2.45) is 0 Å². The van der Waals surface area contributed by atoms with Gasteiger partial charge in [-0.05, 0) is 57.4 Å². The van der Waals surface area contributed by atoms with Gasteiger partial charge in [0.15, 0.2) is 0 Å². The highest BCUT2D eigenvalue weighted by atomic mass is 16.6. The molecule has 0 unspecified atom stereocenters. The third-order valence-corrected chi connectivity index (χ3v) is 3.61. The number of benzene rings is 1. The maximum Gasteiger partial charge on any atom is 0.407 e. The molecule has 0 atom stereocenters. The minimum absolute atomic E-state index is 0.0913. The van der Waals surface area contributed by atoms with Crippen LogP contribution in [-0.2, 0) is 16.0 Å². The van der Waals surface area contributed by atoms with E-state index >= 15 is 0 Å². The molecule has 0 aliphatic rings. The monoisotopic (exact) mass is 362 g/mol. The Morgan fingerprint density at radius 3 is 2.73 bits per heavy atom. The van der Waals surface area contributed by atoms with Crippen molar-refractivity contribution in [3.05, 3.63) is 30.0 Å². The van der Waals surface area contributed by atoms with E-state index in [1.54, 1.807) is 0 Å². The largest absolute Gasteiger partial charge is 0.494 e. The molecule has 0 aliphatic heterocycles. The third kappa shape index (κ3) is 6.31. The first-order valence-electron chi connectivity index (χ1n) is 8.66. The fraction of sp³-hybridized carbons (Fsp3) is 0.474. The maximum absolute atomic E-state index is 11.7. The molecule has 1 aromatic heterocycles. The summed E-state index contributed by atoms with van der Waals surface area (Å²) >= 11 is 0. The molecule has 1 amide bonds. The molecule has 2 rings (SSSR count). The summed E-state index contributed by atoms with van der Waals surface area (Å²) in [4.78, 5) is 25.4. The zero-order valence-electron chi connectivity index (χ0n) is 15.4. The summed E-state index contributed by atoms with van der Waals surface area (Å²) in [5, 5.41) is 12.4. The lowest BCUT2D eigenvalue weighted by molar-refractivity contribution is -0.137. The molecule has 26 heavy (non-hydrogen) atoms. The van der Waals surface area contributed by atoms with Crippen molar-refractivity contribution in [2.75, 3.05) is 13.2 Å². The first-order chi connectivity index (χ1) is 12.2. The molecule has 142 valence electrons. The molecule has 0 saturated carbocycles. The highest BCUT2D eigenvalue weighted by molar-refractivity contribution is 5.84. The minimum atomic E-state index is -0.825. The van der Waals surface area contributed by atoms with E-state index in [-0.39, 0.29) is 6.42 Å². The Bertz CT molecular complexity index is 761. The summed E-state index contributed by atoms with van der Waals surface area (Å²) in [6, 6.07) is 5.70. The Balaban J connectivity index is 1.90. The molecule has 7 nitrogen and oxygen atoms in total. The van der Waals surface area contributed by atoms with Gasteiger partial charge in [0.25, 0.3) is 0 Å². The fourth-order valence-corrected chi connectivity index (χ4v) is 2.48. The number of hydrogen-bond acceptors (Lipinski definition) is 4. The number of carboxylic acid groups (broad SMARTS) is 1. The molecule has 0 spiro atoms. The number of rotatable bonds is 8. The van der Waals surface area contributed by atoms with E-state index < -0.39 is 17.7 Å². The molecule has 1 heterocycles. The molecule has 0 aliphatic carbocycles. The van der Waals surface area contributed by atoms with E-state index in [2.05, 4.69) is 10.3 Å². The summed E-state index contributed by atoms with van der Waals surface area (Å²) in [5.74, 6) is -0.127. The Kier molecular flexibility index (Phi) is 6.49. The van der Waals surface area contributed by atoms with E-state index in [0.717, 1.165) is 16.5 Å². The van der Waals surface area contributed by atoms with Gasteiger partial charge < -0.3 is 24.9 Å². The molecular formula is C19H26N2O5. The zero-order valence-corrected chi connectivity index (χ0v) is 15.4. The van der Waals surface area contributed by atoms with E-state index in [0.29, 0.717) is 31.7 Å². The summed E-state index contributed by atoms with van der Waals surface area (Å²) in [6.45, 7) is 6.29. The summed E-state index contributed by atoms with van der Waals surface area (Å²) < 4.78 is 10.8. The van der Waals surface area contributed by atoms with E-state index in [4.69, 9.17) is 14.6 Å². The number of aliphatic carboxylic acids is 1. The number of H-pyrrole nitrogens is 1. The zero-order chi connectivity index (χ0) is 19.2. The Morgan fingerprint density at radius 2 is 2.04 bits per heavy atom. The number of carbonyl (C=O) groups is 2. The van der Waals surface area contributed by atoms with Crippen LogP contribution in [0.5, 0.6) is 5.75 Å². The second-order valence-corrected chi connectivity index (χ2v) is 7.05. The van der Waals surface area contributed by atoms with Crippen molar-refractivity contribution in [3.8, 4) is 5.75 Å². The van der Waals surface area contributed by atoms with Crippen LogP contribution in [0.15, 0.2) is 24.4 Å². The first-order valence-corrected chi connectivity index (χ1v) is 8.66. The van der Waals surface area contributed by atoms with Crippen LogP contribution in [0.4, 0.5) is 4.79 Å². The summed E-state index contributed by atoms with van der Waals surface area (Å²) in [5.41, 5.74) is 1.53. The average Bonchev–Trinajstić information content (AvgIpc) is 2.92. The minimum Gasteiger partial charge on any atom is -0.494 e. The standard InChI is InChI=1S/C19H26N2O5/c1-19(2,3)26-18(24)20-9-8-13-12-21-16-7-6-14(11-15(13)16)25-10-4-5-17(22)23/h6-7,11-12,21H,4-5,8-10H2,1-3H3,(H,20,24)(H,22,23). The van der Waals surface area contributed by atoms with Crippen LogP contribution in [0.1, 0.15) is 39.2 Å². The second-order valence-electron chi connectivity index (χ2n) is 7.05. The summed E-state index contributed by atoms with van der Waals surface area (Å²) in [6.07, 6.45) is 2.69. The van der Waals surface area contributed by atoms with Crippen molar-refractivity contribution in [3.63, 3.8) is 0 Å². The van der Waals surface area contributed by atoms with Gasteiger partial charge in [-0.15, -0.1) is 0 Å². The second kappa shape index (κ2) is 8.60. The number of ether oxygens (including phenoxy) is 2. The van der Waals surface area contributed by atoms with Crippen LogP contribution < -0.4 is 10.1 Å². The van der Waals surface area contributed by atoms with E-state index in [1.807, 2.05) is 45.2 Å². The number of aromatic nitrogens is 1. The van der Waals surface area contributed by atoms with Crippen molar-refractivity contribution in [1.29, 1.82) is 0 Å². The summed E-state index contributed by atoms with van der Waals surface area (Å²) in [7, 11) is 0. The number of nitrogens with one attached hydrogen (secondary N) is 2. The highest BCUT2D eigenvalue weighted by Gasteiger charge is 2.15. The number of carboxylic acids is 1. The molecule has 2 aromatic rings. The third-order valence-electron chi connectivity index (χ3n) is 3.61.